The minimum absolute atomic E-state index is 0.301. The van der Waals surface area contributed by atoms with Crippen molar-refractivity contribution in [2.45, 2.75) is 6.92 Å². The summed E-state index contributed by atoms with van der Waals surface area (Å²) in [4.78, 5) is 4.74. The molecule has 0 radical (unpaired) electrons. The van der Waals surface area contributed by atoms with Gasteiger partial charge in [-0.25, -0.2) is 9.37 Å². The van der Waals surface area contributed by atoms with Gasteiger partial charge in [-0.05, 0) is 65.0 Å². The molecule has 0 saturated heterocycles. The Bertz CT molecular complexity index is 1440. The molecule has 4 aromatic carbocycles. The first-order valence-corrected chi connectivity index (χ1v) is 9.73. The van der Waals surface area contributed by atoms with Gasteiger partial charge in [0, 0.05) is 16.5 Å². The number of nitriles is 1. The molecule has 0 saturated carbocycles. The van der Waals surface area contributed by atoms with Gasteiger partial charge in [-0.15, -0.1) is 0 Å². The molecule has 0 atom stereocenters. The minimum Gasteiger partial charge on any atom is -0.236 e. The van der Waals surface area contributed by atoms with Crippen LogP contribution >= 0.6 is 0 Å². The Labute approximate surface area is 173 Å². The predicted molar refractivity (Wildman–Crippen MR) is 120 cm³/mol. The number of rotatable bonds is 2. The second-order valence-electron chi connectivity index (χ2n) is 7.41. The van der Waals surface area contributed by atoms with Gasteiger partial charge in [0.15, 0.2) is 0 Å². The smallest absolute Gasteiger partial charge is 0.149 e. The second kappa shape index (κ2) is 7.09. The number of aryl methyl sites for hydroxylation is 1. The normalized spacial score (nSPS) is 11.0. The van der Waals surface area contributed by atoms with E-state index >= 15 is 0 Å². The summed E-state index contributed by atoms with van der Waals surface area (Å²) in [6, 6.07) is 29.0. The van der Waals surface area contributed by atoms with Crippen molar-refractivity contribution in [3.05, 3.63) is 102 Å². The fourth-order valence-electron chi connectivity index (χ4n) is 3.92. The molecule has 0 aliphatic rings. The minimum atomic E-state index is -0.301. The summed E-state index contributed by atoms with van der Waals surface area (Å²) in [5, 5.41) is 14.0. The highest BCUT2D eigenvalue weighted by Crippen LogP contribution is 2.38. The zero-order valence-electron chi connectivity index (χ0n) is 16.4. The van der Waals surface area contributed by atoms with E-state index in [1.165, 1.54) is 12.1 Å². The van der Waals surface area contributed by atoms with E-state index in [-0.39, 0.29) is 5.82 Å². The van der Waals surface area contributed by atoms with E-state index in [4.69, 9.17) is 4.98 Å². The van der Waals surface area contributed by atoms with Crippen molar-refractivity contribution in [3.8, 4) is 28.5 Å². The molecule has 0 N–H and O–H groups in total. The van der Waals surface area contributed by atoms with Crippen molar-refractivity contribution in [1.29, 1.82) is 5.26 Å². The van der Waals surface area contributed by atoms with E-state index in [0.717, 1.165) is 43.8 Å². The molecule has 0 bridgehead atoms. The van der Waals surface area contributed by atoms with E-state index < -0.39 is 0 Å². The highest BCUT2D eigenvalue weighted by atomic mass is 19.1. The number of hydrogen-bond acceptors (Lipinski definition) is 2. The third kappa shape index (κ3) is 3.00. The maximum Gasteiger partial charge on any atom is 0.149 e. The second-order valence-corrected chi connectivity index (χ2v) is 7.41. The molecule has 1 aromatic heterocycles. The maximum absolute atomic E-state index is 13.5. The van der Waals surface area contributed by atoms with Crippen LogP contribution in [0, 0.1) is 24.1 Å². The molecule has 0 aliphatic carbocycles. The van der Waals surface area contributed by atoms with Gasteiger partial charge in [0.25, 0.3) is 0 Å². The van der Waals surface area contributed by atoms with Crippen molar-refractivity contribution in [1.82, 2.24) is 4.98 Å². The largest absolute Gasteiger partial charge is 0.236 e. The van der Waals surface area contributed by atoms with Gasteiger partial charge < -0.3 is 0 Å². The molecule has 30 heavy (non-hydrogen) atoms. The lowest BCUT2D eigenvalue weighted by Gasteiger charge is -2.15. The van der Waals surface area contributed by atoms with Crippen LogP contribution in [0.5, 0.6) is 0 Å². The zero-order chi connectivity index (χ0) is 20.7. The molecule has 0 aliphatic heterocycles. The molecule has 1 heterocycles. The van der Waals surface area contributed by atoms with E-state index in [1.807, 2.05) is 43.3 Å². The highest BCUT2D eigenvalue weighted by molar-refractivity contribution is 6.10. The standard InChI is InChI=1S/C27H17FN2/c1-17-6-8-18(9-7-17)26-23-14-20-4-2-3-5-21(20)15-24(23)27(30-25(26)16-29)19-10-12-22(28)13-11-19/h2-15H,1H3. The van der Waals surface area contributed by atoms with Crippen LogP contribution in [-0.4, -0.2) is 4.98 Å². The SMILES string of the molecule is Cc1ccc(-c2c(C#N)nc(-c3ccc(F)cc3)c3cc4ccccc4cc23)cc1. The number of fused-ring (bicyclic) bond motifs is 2. The van der Waals surface area contributed by atoms with E-state index in [2.05, 4.69) is 30.3 Å². The van der Waals surface area contributed by atoms with Crippen LogP contribution < -0.4 is 0 Å². The first-order valence-electron chi connectivity index (χ1n) is 9.73. The van der Waals surface area contributed by atoms with E-state index in [1.54, 1.807) is 12.1 Å². The van der Waals surface area contributed by atoms with Gasteiger partial charge in [0.05, 0.1) is 5.69 Å². The Morgan fingerprint density at radius 2 is 1.37 bits per heavy atom. The molecule has 5 rings (SSSR count). The predicted octanol–water partition coefficient (Wildman–Crippen LogP) is 7.04. The maximum atomic E-state index is 13.5. The summed E-state index contributed by atoms with van der Waals surface area (Å²) in [6.07, 6.45) is 0. The number of aromatic nitrogens is 1. The lowest BCUT2D eigenvalue weighted by molar-refractivity contribution is 0.628. The molecule has 3 heteroatoms. The van der Waals surface area contributed by atoms with Crippen molar-refractivity contribution in [2.24, 2.45) is 0 Å². The summed E-state index contributed by atoms with van der Waals surface area (Å²) < 4.78 is 13.5. The highest BCUT2D eigenvalue weighted by Gasteiger charge is 2.17. The fourth-order valence-corrected chi connectivity index (χ4v) is 3.92. The lowest BCUT2D eigenvalue weighted by atomic mass is 9.92. The van der Waals surface area contributed by atoms with Crippen molar-refractivity contribution < 1.29 is 4.39 Å². The summed E-state index contributed by atoms with van der Waals surface area (Å²) >= 11 is 0. The van der Waals surface area contributed by atoms with Crippen LogP contribution in [0.3, 0.4) is 0 Å². The molecular formula is C27H17FN2. The lowest BCUT2D eigenvalue weighted by Crippen LogP contribution is -1.97. The van der Waals surface area contributed by atoms with Crippen molar-refractivity contribution in [2.75, 3.05) is 0 Å². The number of benzene rings is 4. The molecule has 142 valence electrons. The summed E-state index contributed by atoms with van der Waals surface area (Å²) in [5.41, 5.74) is 4.76. The fraction of sp³-hybridized carbons (Fsp3) is 0.0370. The van der Waals surface area contributed by atoms with Crippen LogP contribution in [0.2, 0.25) is 0 Å². The molecule has 2 nitrogen and oxygen atoms in total. The number of halogens is 1. The topological polar surface area (TPSA) is 36.7 Å². The summed E-state index contributed by atoms with van der Waals surface area (Å²) in [5.74, 6) is -0.301. The average molecular weight is 388 g/mol. The van der Waals surface area contributed by atoms with Crippen LogP contribution in [0.1, 0.15) is 11.3 Å². The van der Waals surface area contributed by atoms with Crippen LogP contribution in [-0.2, 0) is 0 Å². The molecule has 0 amide bonds. The van der Waals surface area contributed by atoms with Gasteiger partial charge in [0.1, 0.15) is 17.6 Å². The Morgan fingerprint density at radius 1 is 0.767 bits per heavy atom. The zero-order valence-corrected chi connectivity index (χ0v) is 16.4. The first kappa shape index (κ1) is 18.0. The van der Waals surface area contributed by atoms with Gasteiger partial charge in [-0.3, -0.25) is 0 Å². The Morgan fingerprint density at radius 3 is 2.00 bits per heavy atom. The first-order chi connectivity index (χ1) is 14.6. The Hall–Kier alpha value is -4.03. The van der Waals surface area contributed by atoms with Gasteiger partial charge in [-0.1, -0.05) is 54.1 Å². The monoisotopic (exact) mass is 388 g/mol. The Kier molecular flexibility index (Phi) is 4.26. The van der Waals surface area contributed by atoms with Crippen molar-refractivity contribution >= 4 is 21.5 Å². The van der Waals surface area contributed by atoms with Crippen molar-refractivity contribution in [3.63, 3.8) is 0 Å². The molecular weight excluding hydrogens is 371 g/mol. The summed E-state index contributed by atoms with van der Waals surface area (Å²) in [6.45, 7) is 2.04. The number of nitrogens with zero attached hydrogens (tertiary/aromatic N) is 2. The third-order valence-corrected chi connectivity index (χ3v) is 5.43. The molecule has 0 unspecified atom stereocenters. The Balaban J connectivity index is 1.93. The molecule has 0 fully saturated rings. The van der Waals surface area contributed by atoms with Gasteiger partial charge in [-0.2, -0.15) is 5.26 Å². The van der Waals surface area contributed by atoms with E-state index in [9.17, 15) is 9.65 Å². The average Bonchev–Trinajstić information content (AvgIpc) is 2.78. The number of hydrogen-bond donors (Lipinski definition) is 0. The van der Waals surface area contributed by atoms with Gasteiger partial charge >= 0.3 is 0 Å². The quantitative estimate of drug-likeness (QED) is 0.304. The summed E-state index contributed by atoms with van der Waals surface area (Å²) in [7, 11) is 0. The molecule has 5 aromatic rings. The van der Waals surface area contributed by atoms with Crippen LogP contribution in [0.4, 0.5) is 4.39 Å². The molecule has 0 spiro atoms. The number of pyridine rings is 1. The van der Waals surface area contributed by atoms with Crippen LogP contribution in [0.15, 0.2) is 84.9 Å². The van der Waals surface area contributed by atoms with E-state index in [0.29, 0.717) is 11.4 Å². The van der Waals surface area contributed by atoms with Gasteiger partial charge in [0.2, 0.25) is 0 Å². The van der Waals surface area contributed by atoms with Crippen LogP contribution in [0.25, 0.3) is 43.9 Å². The third-order valence-electron chi connectivity index (χ3n) is 5.43.